The zero-order valence-corrected chi connectivity index (χ0v) is 21.6. The number of carbonyl (C=O) groups is 1. The van der Waals surface area contributed by atoms with Crippen LogP contribution >= 0.6 is 0 Å². The molecule has 12 heteroatoms. The van der Waals surface area contributed by atoms with Crippen molar-refractivity contribution < 1.29 is 18.8 Å². The van der Waals surface area contributed by atoms with E-state index < -0.39 is 11.7 Å². The third-order valence-electron chi connectivity index (χ3n) is 5.26. The molecule has 38 heavy (non-hydrogen) atoms. The third-order valence-corrected chi connectivity index (χ3v) is 5.26. The molecular formula is C26H27FN8O3. The van der Waals surface area contributed by atoms with Gasteiger partial charge in [0.05, 0.1) is 48.2 Å². The van der Waals surface area contributed by atoms with E-state index >= 15 is 0 Å². The van der Waals surface area contributed by atoms with Crippen LogP contribution in [0.15, 0.2) is 42.9 Å². The normalized spacial score (nSPS) is 10.7. The zero-order chi connectivity index (χ0) is 27.2. The standard InChI is InChI=1S/C26H27FN8O3/c1-6-38-35-26(36)19-12-30-23(34-24-7-14(2)31-16(4)32-24)10-20(19)33-21-9-17(27)8-18(25(21)37-5)22-13-28-15(3)11-29-22/h7-13H,6H2,1-5H3,(H,35,36)(H2,30,31,32,33,34). The van der Waals surface area contributed by atoms with Gasteiger partial charge in [-0.3, -0.25) is 19.6 Å². The summed E-state index contributed by atoms with van der Waals surface area (Å²) in [5.41, 5.74) is 5.41. The molecule has 4 rings (SSSR count). The number of benzene rings is 1. The molecule has 4 aromatic rings. The number of carbonyl (C=O) groups excluding carboxylic acids is 1. The fourth-order valence-electron chi connectivity index (χ4n) is 3.69. The molecule has 3 aromatic heterocycles. The van der Waals surface area contributed by atoms with Crippen molar-refractivity contribution in [3.05, 3.63) is 71.4 Å². The van der Waals surface area contributed by atoms with Gasteiger partial charge in [0, 0.05) is 41.9 Å². The largest absolute Gasteiger partial charge is 0.494 e. The number of aryl methyl sites for hydroxylation is 3. The molecule has 0 aliphatic heterocycles. The third kappa shape index (κ3) is 6.16. The predicted molar refractivity (Wildman–Crippen MR) is 140 cm³/mol. The topological polar surface area (TPSA) is 136 Å². The first-order valence-corrected chi connectivity index (χ1v) is 11.7. The van der Waals surface area contributed by atoms with Gasteiger partial charge in [-0.25, -0.2) is 24.8 Å². The molecule has 0 spiro atoms. The average molecular weight is 519 g/mol. The molecule has 0 saturated carbocycles. The van der Waals surface area contributed by atoms with Crippen LogP contribution in [-0.2, 0) is 4.84 Å². The molecule has 0 saturated heterocycles. The number of aromatic nitrogens is 5. The van der Waals surface area contributed by atoms with Crippen LogP contribution in [0.25, 0.3) is 11.3 Å². The van der Waals surface area contributed by atoms with Crippen LogP contribution in [0.4, 0.5) is 27.4 Å². The van der Waals surface area contributed by atoms with Gasteiger partial charge in [-0.2, -0.15) is 0 Å². The van der Waals surface area contributed by atoms with E-state index in [1.165, 1.54) is 31.6 Å². The number of anilines is 4. The van der Waals surface area contributed by atoms with Crippen molar-refractivity contribution in [1.82, 2.24) is 30.4 Å². The molecule has 11 nitrogen and oxygen atoms in total. The highest BCUT2D eigenvalue weighted by atomic mass is 19.1. The van der Waals surface area contributed by atoms with Gasteiger partial charge < -0.3 is 15.4 Å². The van der Waals surface area contributed by atoms with Crippen molar-refractivity contribution in [2.45, 2.75) is 27.7 Å². The quantitative estimate of drug-likeness (QED) is 0.270. The van der Waals surface area contributed by atoms with E-state index in [1.807, 2.05) is 6.92 Å². The lowest BCUT2D eigenvalue weighted by Crippen LogP contribution is -2.24. The molecule has 0 aliphatic rings. The molecule has 0 bridgehead atoms. The number of methoxy groups -OCH3 is 1. The smallest absolute Gasteiger partial charge is 0.278 e. The van der Waals surface area contributed by atoms with Gasteiger partial charge in [0.2, 0.25) is 0 Å². The van der Waals surface area contributed by atoms with Gasteiger partial charge in [-0.05, 0) is 33.8 Å². The number of hydrogen-bond donors (Lipinski definition) is 3. The molecule has 0 unspecified atom stereocenters. The summed E-state index contributed by atoms with van der Waals surface area (Å²) in [4.78, 5) is 39.5. The second-order valence-electron chi connectivity index (χ2n) is 8.25. The minimum atomic E-state index is -0.540. The predicted octanol–water partition coefficient (Wildman–Crippen LogP) is 4.57. The van der Waals surface area contributed by atoms with Crippen LogP contribution in [0, 0.1) is 26.6 Å². The molecular weight excluding hydrogens is 491 g/mol. The Bertz CT molecular complexity index is 1440. The Kier molecular flexibility index (Phi) is 8.02. The fourth-order valence-corrected chi connectivity index (χ4v) is 3.69. The highest BCUT2D eigenvalue weighted by molar-refractivity contribution is 6.00. The van der Waals surface area contributed by atoms with Crippen LogP contribution in [-0.4, -0.2) is 44.5 Å². The Hall–Kier alpha value is -4.71. The summed E-state index contributed by atoms with van der Waals surface area (Å²) in [7, 11) is 1.46. The van der Waals surface area contributed by atoms with Gasteiger partial charge >= 0.3 is 0 Å². The van der Waals surface area contributed by atoms with Gasteiger partial charge in [0.15, 0.2) is 5.75 Å². The van der Waals surface area contributed by atoms with E-state index in [0.29, 0.717) is 40.2 Å². The van der Waals surface area contributed by atoms with Crippen molar-refractivity contribution in [3.63, 3.8) is 0 Å². The summed E-state index contributed by atoms with van der Waals surface area (Å²) >= 11 is 0. The maximum Gasteiger partial charge on any atom is 0.278 e. The van der Waals surface area contributed by atoms with E-state index in [-0.39, 0.29) is 17.9 Å². The number of ether oxygens (including phenoxy) is 1. The Morgan fingerprint density at radius 2 is 1.71 bits per heavy atom. The van der Waals surface area contributed by atoms with E-state index in [9.17, 15) is 9.18 Å². The van der Waals surface area contributed by atoms with Crippen LogP contribution in [0.5, 0.6) is 5.75 Å². The molecule has 0 atom stereocenters. The number of rotatable bonds is 9. The van der Waals surface area contributed by atoms with E-state index in [0.717, 1.165) is 11.4 Å². The lowest BCUT2D eigenvalue weighted by Gasteiger charge is -2.18. The number of hydroxylamine groups is 1. The first-order chi connectivity index (χ1) is 18.3. The maximum atomic E-state index is 14.8. The molecule has 0 aliphatic carbocycles. The van der Waals surface area contributed by atoms with Gasteiger partial charge in [0.25, 0.3) is 5.91 Å². The lowest BCUT2D eigenvalue weighted by atomic mass is 10.1. The molecule has 196 valence electrons. The van der Waals surface area contributed by atoms with E-state index in [2.05, 4.69) is 41.0 Å². The summed E-state index contributed by atoms with van der Waals surface area (Å²) in [5, 5.41) is 6.23. The number of hydrogen-bond acceptors (Lipinski definition) is 10. The second-order valence-corrected chi connectivity index (χ2v) is 8.25. The minimum Gasteiger partial charge on any atom is -0.494 e. The monoisotopic (exact) mass is 518 g/mol. The number of nitrogens with zero attached hydrogens (tertiary/aromatic N) is 5. The van der Waals surface area contributed by atoms with E-state index in [4.69, 9.17) is 9.57 Å². The number of nitrogens with one attached hydrogen (secondary N) is 3. The Labute approximate surface area is 218 Å². The summed E-state index contributed by atoms with van der Waals surface area (Å²) in [6, 6.07) is 5.94. The Balaban J connectivity index is 1.77. The van der Waals surface area contributed by atoms with Crippen LogP contribution in [0.2, 0.25) is 0 Å². The zero-order valence-electron chi connectivity index (χ0n) is 21.6. The summed E-state index contributed by atoms with van der Waals surface area (Å²) in [6.07, 6.45) is 4.50. The van der Waals surface area contributed by atoms with Gasteiger partial charge in [0.1, 0.15) is 23.3 Å². The minimum absolute atomic E-state index is 0.155. The average Bonchev–Trinajstić information content (AvgIpc) is 2.87. The molecule has 1 aromatic carbocycles. The first-order valence-electron chi connectivity index (χ1n) is 11.7. The maximum absolute atomic E-state index is 14.8. The van der Waals surface area contributed by atoms with Crippen LogP contribution in [0.1, 0.15) is 34.5 Å². The van der Waals surface area contributed by atoms with Crippen molar-refractivity contribution >= 4 is 28.9 Å². The molecule has 0 radical (unpaired) electrons. The number of pyridine rings is 1. The van der Waals surface area contributed by atoms with Gasteiger partial charge in [-0.15, -0.1) is 0 Å². The van der Waals surface area contributed by atoms with Crippen LogP contribution in [0.3, 0.4) is 0 Å². The van der Waals surface area contributed by atoms with Crippen LogP contribution < -0.4 is 20.9 Å². The molecule has 1 amide bonds. The van der Waals surface area contributed by atoms with Crippen molar-refractivity contribution in [2.75, 3.05) is 24.4 Å². The molecule has 0 fully saturated rings. The highest BCUT2D eigenvalue weighted by Crippen LogP contribution is 2.39. The van der Waals surface area contributed by atoms with Crippen molar-refractivity contribution in [3.8, 4) is 17.0 Å². The Morgan fingerprint density at radius 1 is 0.895 bits per heavy atom. The second kappa shape index (κ2) is 11.6. The number of halogens is 1. The van der Waals surface area contributed by atoms with Crippen molar-refractivity contribution in [1.29, 1.82) is 0 Å². The summed E-state index contributed by atoms with van der Waals surface area (Å²) in [6.45, 7) is 7.45. The molecule has 3 N–H and O–H groups in total. The summed E-state index contributed by atoms with van der Waals surface area (Å²) in [5.74, 6) is 0.748. The molecule has 3 heterocycles. The highest BCUT2D eigenvalue weighted by Gasteiger charge is 2.19. The fraction of sp³-hybridized carbons (Fsp3) is 0.231. The SMILES string of the molecule is CCONC(=O)c1cnc(Nc2cc(C)nc(C)n2)cc1Nc1cc(F)cc(-c2cnc(C)cn2)c1OC. The lowest BCUT2D eigenvalue weighted by molar-refractivity contribution is 0.0365. The first kappa shape index (κ1) is 26.4. The van der Waals surface area contributed by atoms with Gasteiger partial charge in [-0.1, -0.05) is 0 Å². The van der Waals surface area contributed by atoms with E-state index in [1.54, 1.807) is 39.1 Å². The van der Waals surface area contributed by atoms with Crippen molar-refractivity contribution in [2.24, 2.45) is 0 Å². The summed E-state index contributed by atoms with van der Waals surface area (Å²) < 4.78 is 20.4. The Morgan fingerprint density at radius 3 is 2.39 bits per heavy atom. The number of amides is 1.